The highest BCUT2D eigenvalue weighted by Gasteiger charge is 2.32. The summed E-state index contributed by atoms with van der Waals surface area (Å²) in [6, 6.07) is 4.78. The minimum Gasteiger partial charge on any atom is -0.378 e. The number of hydrogen-bond donors (Lipinski definition) is 1. The maximum Gasteiger partial charge on any atom is 0.0580 e. The quantitative estimate of drug-likeness (QED) is 0.820. The summed E-state index contributed by atoms with van der Waals surface area (Å²) in [5.41, 5.74) is 1.37. The molecule has 1 heterocycles. The molecule has 19 heavy (non-hydrogen) atoms. The Morgan fingerprint density at radius 3 is 2.63 bits per heavy atom. The fourth-order valence-electron chi connectivity index (χ4n) is 3.07. The summed E-state index contributed by atoms with van der Waals surface area (Å²) in [5.74, 6) is 1.34. The van der Waals surface area contributed by atoms with Gasteiger partial charge in [0.15, 0.2) is 0 Å². The van der Waals surface area contributed by atoms with Gasteiger partial charge in [-0.1, -0.05) is 6.92 Å². The predicted molar refractivity (Wildman–Crippen MR) is 78.3 cm³/mol. The summed E-state index contributed by atoms with van der Waals surface area (Å²) >= 11 is 0. The Balaban J connectivity index is 1.84. The first kappa shape index (κ1) is 14.5. The summed E-state index contributed by atoms with van der Waals surface area (Å²) in [5, 5.41) is 3.49. The normalized spacial score (nSPS) is 25.6. The Kier molecular flexibility index (Phi) is 5.34. The average molecular weight is 262 g/mol. The fourth-order valence-corrected chi connectivity index (χ4v) is 3.07. The number of nitrogens with one attached hydrogen (secondary N) is 1. The van der Waals surface area contributed by atoms with E-state index >= 15 is 0 Å². The SMILES string of the molecule is CCOC1CC(CC(NC)C(C)c2ccncc2)C1. The summed E-state index contributed by atoms with van der Waals surface area (Å²) in [7, 11) is 2.07. The zero-order chi connectivity index (χ0) is 13.7. The van der Waals surface area contributed by atoms with E-state index in [2.05, 4.69) is 43.3 Å². The number of hydrogen-bond acceptors (Lipinski definition) is 3. The second-order valence-corrected chi connectivity index (χ2v) is 5.61. The molecule has 1 saturated carbocycles. The first-order valence-electron chi connectivity index (χ1n) is 7.43. The van der Waals surface area contributed by atoms with Gasteiger partial charge in [0.1, 0.15) is 0 Å². The van der Waals surface area contributed by atoms with Gasteiger partial charge in [-0.2, -0.15) is 0 Å². The van der Waals surface area contributed by atoms with Crippen LogP contribution in [0.3, 0.4) is 0 Å². The van der Waals surface area contributed by atoms with Gasteiger partial charge in [-0.25, -0.2) is 0 Å². The van der Waals surface area contributed by atoms with Gasteiger partial charge in [0.2, 0.25) is 0 Å². The van der Waals surface area contributed by atoms with Crippen molar-refractivity contribution in [3.05, 3.63) is 30.1 Å². The van der Waals surface area contributed by atoms with Crippen LogP contribution in [0.1, 0.15) is 44.6 Å². The second kappa shape index (κ2) is 7.01. The molecule has 1 aromatic heterocycles. The molecule has 0 aliphatic heterocycles. The molecule has 1 aliphatic carbocycles. The first-order valence-corrected chi connectivity index (χ1v) is 7.43. The minimum atomic E-state index is 0.517. The van der Waals surface area contributed by atoms with E-state index < -0.39 is 0 Å². The van der Waals surface area contributed by atoms with Crippen LogP contribution in [0.15, 0.2) is 24.5 Å². The Labute approximate surface area is 116 Å². The number of ether oxygens (including phenoxy) is 1. The molecule has 0 amide bonds. The van der Waals surface area contributed by atoms with E-state index in [1.807, 2.05) is 12.4 Å². The van der Waals surface area contributed by atoms with Crippen LogP contribution in [-0.4, -0.2) is 30.8 Å². The van der Waals surface area contributed by atoms with Crippen LogP contribution in [0.2, 0.25) is 0 Å². The van der Waals surface area contributed by atoms with Gasteiger partial charge in [0.25, 0.3) is 0 Å². The zero-order valence-corrected chi connectivity index (χ0v) is 12.3. The minimum absolute atomic E-state index is 0.517. The first-order chi connectivity index (χ1) is 9.24. The van der Waals surface area contributed by atoms with Crippen molar-refractivity contribution in [1.29, 1.82) is 0 Å². The van der Waals surface area contributed by atoms with Crippen molar-refractivity contribution < 1.29 is 4.74 Å². The number of rotatable bonds is 7. The molecule has 106 valence electrons. The maximum absolute atomic E-state index is 5.64. The topological polar surface area (TPSA) is 34.1 Å². The Morgan fingerprint density at radius 1 is 1.37 bits per heavy atom. The highest BCUT2D eigenvalue weighted by Crippen LogP contribution is 2.36. The molecule has 1 N–H and O–H groups in total. The lowest BCUT2D eigenvalue weighted by atomic mass is 9.75. The van der Waals surface area contributed by atoms with E-state index in [1.165, 1.54) is 24.8 Å². The molecule has 2 rings (SSSR count). The molecule has 1 fully saturated rings. The van der Waals surface area contributed by atoms with Crippen molar-refractivity contribution in [2.45, 2.75) is 51.2 Å². The van der Waals surface area contributed by atoms with Gasteiger partial charge in [-0.05, 0) is 62.8 Å². The van der Waals surface area contributed by atoms with Crippen molar-refractivity contribution in [1.82, 2.24) is 10.3 Å². The average Bonchev–Trinajstić information content (AvgIpc) is 2.41. The van der Waals surface area contributed by atoms with Gasteiger partial charge in [-0.3, -0.25) is 4.98 Å². The van der Waals surface area contributed by atoms with Crippen molar-refractivity contribution in [2.75, 3.05) is 13.7 Å². The summed E-state index contributed by atoms with van der Waals surface area (Å²) in [6.45, 7) is 5.23. The van der Waals surface area contributed by atoms with Crippen LogP contribution in [-0.2, 0) is 4.74 Å². The molecule has 1 aliphatic rings. The largest absolute Gasteiger partial charge is 0.378 e. The van der Waals surface area contributed by atoms with Gasteiger partial charge < -0.3 is 10.1 Å². The van der Waals surface area contributed by atoms with Crippen LogP contribution < -0.4 is 5.32 Å². The summed E-state index contributed by atoms with van der Waals surface area (Å²) in [4.78, 5) is 4.09. The van der Waals surface area contributed by atoms with Crippen LogP contribution in [0.25, 0.3) is 0 Å². The predicted octanol–water partition coefficient (Wildman–Crippen LogP) is 2.98. The molecule has 2 unspecified atom stereocenters. The Hall–Kier alpha value is -0.930. The van der Waals surface area contributed by atoms with Gasteiger partial charge in [-0.15, -0.1) is 0 Å². The van der Waals surface area contributed by atoms with E-state index in [0.717, 1.165) is 12.5 Å². The monoisotopic (exact) mass is 262 g/mol. The maximum atomic E-state index is 5.64. The van der Waals surface area contributed by atoms with E-state index in [4.69, 9.17) is 4.74 Å². The third-order valence-electron chi connectivity index (χ3n) is 4.39. The molecule has 0 radical (unpaired) electrons. The molecule has 1 aromatic rings. The lowest BCUT2D eigenvalue weighted by Gasteiger charge is -2.38. The third kappa shape index (κ3) is 3.77. The van der Waals surface area contributed by atoms with Crippen molar-refractivity contribution in [3.63, 3.8) is 0 Å². The molecule has 0 bridgehead atoms. The molecule has 3 nitrogen and oxygen atoms in total. The van der Waals surface area contributed by atoms with E-state index in [1.54, 1.807) is 0 Å². The zero-order valence-electron chi connectivity index (χ0n) is 12.3. The molecular formula is C16H26N2O. The number of aromatic nitrogens is 1. The van der Waals surface area contributed by atoms with E-state index in [-0.39, 0.29) is 0 Å². The number of pyridine rings is 1. The highest BCUT2D eigenvalue weighted by atomic mass is 16.5. The second-order valence-electron chi connectivity index (χ2n) is 5.61. The smallest absolute Gasteiger partial charge is 0.0580 e. The Bertz CT molecular complexity index is 362. The molecule has 2 atom stereocenters. The lowest BCUT2D eigenvalue weighted by molar-refractivity contribution is -0.0294. The van der Waals surface area contributed by atoms with Gasteiger partial charge in [0, 0.05) is 25.0 Å². The third-order valence-corrected chi connectivity index (χ3v) is 4.39. The number of likely N-dealkylation sites (N-methyl/N-ethyl adjacent to an activating group) is 1. The molecule has 0 saturated heterocycles. The highest BCUT2D eigenvalue weighted by molar-refractivity contribution is 5.17. The van der Waals surface area contributed by atoms with Crippen LogP contribution in [0.4, 0.5) is 0 Å². The van der Waals surface area contributed by atoms with Gasteiger partial charge >= 0.3 is 0 Å². The van der Waals surface area contributed by atoms with Crippen molar-refractivity contribution in [3.8, 4) is 0 Å². The number of nitrogens with zero attached hydrogens (tertiary/aromatic N) is 1. The van der Waals surface area contributed by atoms with Gasteiger partial charge in [0.05, 0.1) is 6.10 Å². The van der Waals surface area contributed by atoms with E-state index in [0.29, 0.717) is 18.1 Å². The van der Waals surface area contributed by atoms with Crippen LogP contribution >= 0.6 is 0 Å². The van der Waals surface area contributed by atoms with Crippen molar-refractivity contribution in [2.24, 2.45) is 5.92 Å². The van der Waals surface area contributed by atoms with E-state index in [9.17, 15) is 0 Å². The molecule has 0 aromatic carbocycles. The molecular weight excluding hydrogens is 236 g/mol. The van der Waals surface area contributed by atoms with Crippen LogP contribution in [0.5, 0.6) is 0 Å². The fraction of sp³-hybridized carbons (Fsp3) is 0.688. The molecule has 3 heteroatoms. The molecule has 0 spiro atoms. The standard InChI is InChI=1S/C16H26N2O/c1-4-19-15-9-13(10-15)11-16(17-3)12(2)14-5-7-18-8-6-14/h5-8,12-13,15-17H,4,9-11H2,1-3H3. The summed E-state index contributed by atoms with van der Waals surface area (Å²) < 4.78 is 5.64. The Morgan fingerprint density at radius 2 is 2.05 bits per heavy atom. The van der Waals surface area contributed by atoms with Crippen molar-refractivity contribution >= 4 is 0 Å². The summed E-state index contributed by atoms with van der Waals surface area (Å²) in [6.07, 6.45) is 7.98. The van der Waals surface area contributed by atoms with Crippen LogP contribution in [0, 0.1) is 5.92 Å². The lowest BCUT2D eigenvalue weighted by Crippen LogP contribution is -2.39.